The third-order valence-corrected chi connectivity index (χ3v) is 14.0. The maximum atomic E-state index is 13.1. The molecule has 0 aromatic carbocycles. The van der Waals surface area contributed by atoms with E-state index in [0.717, 1.165) is 44.9 Å². The van der Waals surface area contributed by atoms with E-state index in [4.69, 9.17) is 28.4 Å². The number of unbranched alkanes of at least 4 members (excludes halogenated alkanes) is 31. The number of carbonyl (C=O) groups excluding carboxylic acids is 1. The number of aliphatic hydroxyl groups excluding tert-OH is 7. The van der Waals surface area contributed by atoms with Crippen molar-refractivity contribution < 1.29 is 69.0 Å². The van der Waals surface area contributed by atoms with Gasteiger partial charge in [-0.05, 0) is 38.5 Å². The molecule has 0 aromatic heterocycles. The smallest absolute Gasteiger partial charge is 0.306 e. The van der Waals surface area contributed by atoms with E-state index in [2.05, 4.69) is 26.0 Å². The van der Waals surface area contributed by atoms with Crippen molar-refractivity contribution in [2.45, 2.75) is 306 Å². The van der Waals surface area contributed by atoms with Gasteiger partial charge >= 0.3 is 5.97 Å². The number of carbonyl (C=O) groups is 1. The fraction of sp³-hybridized carbons (Fsp3) is 0.946. The molecule has 2 rings (SSSR count). The summed E-state index contributed by atoms with van der Waals surface area (Å²) in [6.45, 7) is 3.72. The van der Waals surface area contributed by atoms with Crippen LogP contribution in [0.5, 0.6) is 0 Å². The van der Waals surface area contributed by atoms with Gasteiger partial charge in [0.2, 0.25) is 0 Å². The third kappa shape index (κ3) is 30.8. The van der Waals surface area contributed by atoms with Crippen molar-refractivity contribution in [1.29, 1.82) is 0 Å². The lowest BCUT2D eigenvalue weighted by atomic mass is 9.98. The van der Waals surface area contributed by atoms with Crippen LogP contribution in [0.3, 0.4) is 0 Å². The Kier molecular flexibility index (Phi) is 40.8. The van der Waals surface area contributed by atoms with Crippen LogP contribution in [0.2, 0.25) is 0 Å². The summed E-state index contributed by atoms with van der Waals surface area (Å²) in [6.07, 6.45) is 31.3. The summed E-state index contributed by atoms with van der Waals surface area (Å²) in [7, 11) is 0. The van der Waals surface area contributed by atoms with E-state index in [1.807, 2.05) is 0 Å². The Bertz CT molecular complexity index is 1210. The molecule has 2 fully saturated rings. The Morgan fingerprint density at radius 3 is 1.30 bits per heavy atom. The molecular formula is C56H106O14. The Labute approximate surface area is 425 Å². The highest BCUT2D eigenvalue weighted by atomic mass is 16.7. The van der Waals surface area contributed by atoms with Crippen LogP contribution >= 0.6 is 0 Å². The quantitative estimate of drug-likeness (QED) is 0.0172. The summed E-state index contributed by atoms with van der Waals surface area (Å²) in [5.41, 5.74) is 0. The standard InChI is InChI=1S/C56H106O14/c1-3-5-7-9-11-13-15-17-19-21-22-23-25-27-29-31-33-35-37-39-48(58)68-45(42-65-40-38-36-34-32-30-28-26-24-20-18-16-14-12-10-8-6-4-2)43-66-55-54(64)52(62)50(60)47(70-55)44-67-56-53(63)51(61)49(59)46(41-57)69-56/h20,24,45-47,49-57,59-64H,3-19,21-23,25-44H2,1-2H3/b24-20-. The zero-order valence-electron chi connectivity index (χ0n) is 44.3. The molecule has 0 radical (unpaired) electrons. The van der Waals surface area contributed by atoms with Crippen molar-refractivity contribution in [3.8, 4) is 0 Å². The summed E-state index contributed by atoms with van der Waals surface area (Å²) in [6, 6.07) is 0. The van der Waals surface area contributed by atoms with E-state index in [9.17, 15) is 40.5 Å². The van der Waals surface area contributed by atoms with Crippen LogP contribution in [0.25, 0.3) is 0 Å². The summed E-state index contributed by atoms with van der Waals surface area (Å²) < 4.78 is 34.4. The van der Waals surface area contributed by atoms with Gasteiger partial charge in [0.15, 0.2) is 12.6 Å². The molecule has 0 amide bonds. The minimum absolute atomic E-state index is 0.0633. The van der Waals surface area contributed by atoms with Crippen LogP contribution in [-0.2, 0) is 33.2 Å². The maximum Gasteiger partial charge on any atom is 0.306 e. The van der Waals surface area contributed by atoms with Crippen molar-refractivity contribution >= 4 is 5.97 Å². The first-order chi connectivity index (χ1) is 34.1. The monoisotopic (exact) mass is 1000 g/mol. The van der Waals surface area contributed by atoms with E-state index in [1.54, 1.807) is 0 Å². The second kappa shape index (κ2) is 44.1. The SMILES string of the molecule is CCCCCCCCC/C=C\CCCCCCCCOCC(COC1OC(COC2OC(CO)C(O)C(O)C2O)C(O)C(O)C1O)OC(=O)CCCCCCCCCCCCCCCCCCCCC. The first-order valence-corrected chi connectivity index (χ1v) is 28.8. The predicted molar refractivity (Wildman–Crippen MR) is 275 cm³/mol. The van der Waals surface area contributed by atoms with Crippen molar-refractivity contribution in [3.63, 3.8) is 0 Å². The van der Waals surface area contributed by atoms with Crippen molar-refractivity contribution in [3.05, 3.63) is 12.2 Å². The second-order valence-corrected chi connectivity index (χ2v) is 20.5. The van der Waals surface area contributed by atoms with Crippen LogP contribution in [0, 0.1) is 0 Å². The van der Waals surface area contributed by atoms with Crippen LogP contribution < -0.4 is 0 Å². The highest BCUT2D eigenvalue weighted by molar-refractivity contribution is 5.69. The van der Waals surface area contributed by atoms with Crippen LogP contribution in [0.15, 0.2) is 12.2 Å². The predicted octanol–water partition coefficient (Wildman–Crippen LogP) is 9.81. The molecule has 2 aliphatic rings. The van der Waals surface area contributed by atoms with Crippen LogP contribution in [0.1, 0.15) is 239 Å². The van der Waals surface area contributed by atoms with Gasteiger partial charge in [0, 0.05) is 13.0 Å². The topological polar surface area (TPSA) is 214 Å². The zero-order valence-corrected chi connectivity index (χ0v) is 44.3. The number of esters is 1. The van der Waals surface area contributed by atoms with Crippen LogP contribution in [0.4, 0.5) is 0 Å². The van der Waals surface area contributed by atoms with Gasteiger partial charge < -0.3 is 64.2 Å². The third-order valence-electron chi connectivity index (χ3n) is 14.0. The fourth-order valence-electron chi connectivity index (χ4n) is 9.34. The van der Waals surface area contributed by atoms with Crippen molar-refractivity contribution in [1.82, 2.24) is 0 Å². The zero-order chi connectivity index (χ0) is 50.9. The lowest BCUT2D eigenvalue weighted by molar-refractivity contribution is -0.332. The molecule has 70 heavy (non-hydrogen) atoms. The van der Waals surface area contributed by atoms with Gasteiger partial charge in [-0.25, -0.2) is 0 Å². The summed E-state index contributed by atoms with van der Waals surface area (Å²) in [5, 5.41) is 72.3. The molecule has 14 nitrogen and oxygen atoms in total. The molecule has 2 aliphatic heterocycles. The summed E-state index contributed by atoms with van der Waals surface area (Å²) in [4.78, 5) is 13.1. The molecule has 11 atom stereocenters. The molecule has 0 bridgehead atoms. The molecule has 11 unspecified atom stereocenters. The van der Waals surface area contributed by atoms with E-state index < -0.39 is 80.7 Å². The number of rotatable bonds is 47. The minimum atomic E-state index is -1.70. The van der Waals surface area contributed by atoms with Gasteiger partial charge in [-0.3, -0.25) is 4.79 Å². The molecule has 2 heterocycles. The van der Waals surface area contributed by atoms with Gasteiger partial charge in [-0.15, -0.1) is 0 Å². The summed E-state index contributed by atoms with van der Waals surface area (Å²) in [5.74, 6) is -0.372. The maximum absolute atomic E-state index is 13.1. The van der Waals surface area contributed by atoms with Gasteiger partial charge in [0.1, 0.15) is 54.9 Å². The molecule has 0 aromatic rings. The number of ether oxygens (including phenoxy) is 6. The molecular weight excluding hydrogens is 897 g/mol. The normalized spacial score (nSPS) is 25.5. The van der Waals surface area contributed by atoms with Gasteiger partial charge in [-0.1, -0.05) is 206 Å². The number of allylic oxidation sites excluding steroid dienone is 2. The molecule has 414 valence electrons. The summed E-state index contributed by atoms with van der Waals surface area (Å²) >= 11 is 0. The highest BCUT2D eigenvalue weighted by Crippen LogP contribution is 2.27. The van der Waals surface area contributed by atoms with Gasteiger partial charge in [0.05, 0.1) is 26.4 Å². The average molecular weight is 1000 g/mol. The first-order valence-electron chi connectivity index (χ1n) is 28.8. The molecule has 0 saturated carbocycles. The van der Waals surface area contributed by atoms with E-state index in [-0.39, 0.29) is 25.6 Å². The fourth-order valence-corrected chi connectivity index (χ4v) is 9.34. The van der Waals surface area contributed by atoms with Gasteiger partial charge in [-0.2, -0.15) is 0 Å². The van der Waals surface area contributed by atoms with E-state index in [1.165, 1.54) is 167 Å². The number of hydrogen-bond acceptors (Lipinski definition) is 14. The van der Waals surface area contributed by atoms with Crippen LogP contribution in [-0.4, -0.2) is 142 Å². The second-order valence-electron chi connectivity index (χ2n) is 20.5. The van der Waals surface area contributed by atoms with Crippen molar-refractivity contribution in [2.24, 2.45) is 0 Å². The van der Waals surface area contributed by atoms with Gasteiger partial charge in [0.25, 0.3) is 0 Å². The molecule has 0 aliphatic carbocycles. The molecule has 14 heteroatoms. The molecule has 0 spiro atoms. The lowest BCUT2D eigenvalue weighted by Crippen LogP contribution is -2.61. The highest BCUT2D eigenvalue weighted by Gasteiger charge is 2.47. The lowest BCUT2D eigenvalue weighted by Gasteiger charge is -2.42. The molecule has 2 saturated heterocycles. The van der Waals surface area contributed by atoms with E-state index in [0.29, 0.717) is 13.0 Å². The number of aliphatic hydroxyl groups is 7. The average Bonchev–Trinajstić information content (AvgIpc) is 3.36. The molecule has 7 N–H and O–H groups in total. The van der Waals surface area contributed by atoms with Crippen molar-refractivity contribution in [2.75, 3.05) is 33.0 Å². The van der Waals surface area contributed by atoms with E-state index >= 15 is 0 Å². The Balaban J connectivity index is 1.72. The Morgan fingerprint density at radius 1 is 0.457 bits per heavy atom. The number of hydrogen-bond donors (Lipinski definition) is 7. The first kappa shape index (κ1) is 64.8. The Morgan fingerprint density at radius 2 is 0.843 bits per heavy atom. The largest absolute Gasteiger partial charge is 0.457 e. The Hall–Kier alpha value is -1.27. The minimum Gasteiger partial charge on any atom is -0.457 e.